The molecule has 0 aliphatic rings. The highest BCUT2D eigenvalue weighted by Gasteiger charge is 2.49. The van der Waals surface area contributed by atoms with E-state index in [-0.39, 0.29) is 29.8 Å². The Morgan fingerprint density at radius 1 is 0.410 bits per heavy atom. The lowest BCUT2D eigenvalue weighted by atomic mass is 10.1. The molecule has 0 saturated heterocycles. The number of Topliss-reactive ketones (excluding diaryl/α,β-unsaturated/α-hetero) is 2. The van der Waals surface area contributed by atoms with Crippen LogP contribution in [0.3, 0.4) is 0 Å². The second-order valence-corrected chi connectivity index (χ2v) is 24.3. The summed E-state index contributed by atoms with van der Waals surface area (Å²) < 4.78 is 77.5. The van der Waals surface area contributed by atoms with Crippen LogP contribution in [0.5, 0.6) is 5.75 Å². The number of nitrogens with zero attached hydrogens (tertiary/aromatic N) is 2. The lowest BCUT2D eigenvalue weighted by molar-refractivity contribution is -0.372. The van der Waals surface area contributed by atoms with Gasteiger partial charge in [0.1, 0.15) is 66.0 Å². The molecule has 0 spiro atoms. The second kappa shape index (κ2) is 26.0. The van der Waals surface area contributed by atoms with Gasteiger partial charge in [0, 0.05) is 11.1 Å². The van der Waals surface area contributed by atoms with Crippen molar-refractivity contribution in [1.82, 2.24) is 0 Å². The zero-order chi connectivity index (χ0) is 55.8. The Balaban J connectivity index is 0.000000176. The molecular weight excluding hydrogens is 1040 g/mol. The summed E-state index contributed by atoms with van der Waals surface area (Å²) in [6, 6.07) is 80.5. The molecule has 0 saturated carbocycles. The van der Waals surface area contributed by atoms with Crippen LogP contribution >= 0.6 is 14.5 Å². The topological polar surface area (TPSA) is 137 Å². The van der Waals surface area contributed by atoms with Crippen LogP contribution in [-0.2, 0) is 12.4 Å². The first-order valence-corrected chi connectivity index (χ1v) is 27.9. The third-order valence-corrected chi connectivity index (χ3v) is 21.0. The molecule has 0 aromatic heterocycles. The van der Waals surface area contributed by atoms with E-state index in [2.05, 4.69) is 89.6 Å². The van der Waals surface area contributed by atoms with Crippen molar-refractivity contribution in [3.05, 3.63) is 282 Å². The molecule has 0 N–H and O–H groups in total. The summed E-state index contributed by atoms with van der Waals surface area (Å²) in [5.41, 5.74) is -1.14. The molecule has 9 rings (SSSR count). The van der Waals surface area contributed by atoms with E-state index < -0.39 is 51.1 Å². The number of ketones is 2. The number of benzene rings is 9. The first kappa shape index (κ1) is 57.2. The van der Waals surface area contributed by atoms with Gasteiger partial charge in [-0.3, -0.25) is 9.59 Å². The molecule has 0 amide bonds. The van der Waals surface area contributed by atoms with Gasteiger partial charge >= 0.3 is 12.4 Å². The van der Waals surface area contributed by atoms with Crippen molar-refractivity contribution in [2.75, 3.05) is 12.3 Å². The summed E-state index contributed by atoms with van der Waals surface area (Å²) in [7, 11) is -7.48. The average molecular weight is 1080 g/mol. The van der Waals surface area contributed by atoms with E-state index in [4.69, 9.17) is 0 Å². The van der Waals surface area contributed by atoms with Gasteiger partial charge in [0.2, 0.25) is 11.6 Å². The summed E-state index contributed by atoms with van der Waals surface area (Å²) in [5.74, 6) is -0.971. The number of carbonyl (C=O) groups excluding carboxylic acids is 2. The average Bonchev–Trinajstić information content (AvgIpc) is 3.50. The highest BCUT2D eigenvalue weighted by atomic mass is 31.2. The molecule has 9 aromatic carbocycles. The number of rotatable bonds is 14. The van der Waals surface area contributed by atoms with Crippen LogP contribution in [-0.4, -0.2) is 31.2 Å². The van der Waals surface area contributed by atoms with E-state index in [0.717, 1.165) is 0 Å². The van der Waals surface area contributed by atoms with Gasteiger partial charge in [-0.25, -0.2) is 0 Å². The minimum atomic E-state index is -5.05. The van der Waals surface area contributed by atoms with Gasteiger partial charge in [0.05, 0.1) is 40.1 Å². The van der Waals surface area contributed by atoms with Gasteiger partial charge in [0.25, 0.3) is 0 Å². The Labute approximate surface area is 449 Å². The fraction of sp³-hybridized carbons (Fsp3) is 0.0645. The Morgan fingerprint density at radius 2 is 0.679 bits per heavy atom. The lowest BCUT2D eigenvalue weighted by Gasteiger charge is -2.27. The SMILES string of the molecule is N#Cc1cccc(C(=O)C[P+](c2ccccc2)(c2ccccc2)c2ccccc2)c1.N#Cc1cccc(C(=O)C[P+](c2ccccc2)(c2ccccc2)c2ccccc2)c1.[O-]B([O-])Oc1cc(C(F)(F)F)cc(C(F)(F)F)c1. The second-order valence-electron chi connectivity index (χ2n) is 17.3. The standard InChI is InChI=1S/2C27H21NOP.C8H3BF6O3/c2*28-20-22-11-10-12-23(19-22)27(29)21-30(24-13-4-1-5-14-24,25-15-6-2-7-16-25)26-17-8-3-9-18-26;10-7(11,12)4-1-5(8(13,14)15)3-6(2-4)18-9(16)17/h2*1-19H,21H2;1-3H/q2*+1;-2. The fourth-order valence-corrected chi connectivity index (χ4v) is 17.0. The molecule has 0 heterocycles. The normalized spacial score (nSPS) is 11.3. The minimum Gasteiger partial charge on any atom is -0.860 e. The molecule has 16 heteroatoms. The monoisotopic (exact) mass is 1080 g/mol. The number of halogens is 6. The quantitative estimate of drug-likeness (QED) is 0.0458. The lowest BCUT2D eigenvalue weighted by Crippen LogP contribution is -2.50. The summed E-state index contributed by atoms with van der Waals surface area (Å²) in [6.45, 7) is 0. The molecule has 0 radical (unpaired) electrons. The predicted octanol–water partition coefficient (Wildman–Crippen LogP) is 10.3. The van der Waals surface area contributed by atoms with Gasteiger partial charge < -0.3 is 14.7 Å². The first-order valence-electron chi connectivity index (χ1n) is 23.9. The van der Waals surface area contributed by atoms with Crippen molar-refractivity contribution in [1.29, 1.82) is 10.5 Å². The molecule has 0 aliphatic heterocycles. The Hall–Kier alpha value is -8.48. The maximum atomic E-state index is 13.6. The van der Waals surface area contributed by atoms with E-state index >= 15 is 0 Å². The third-order valence-electron chi connectivity index (χ3n) is 12.4. The molecule has 78 heavy (non-hydrogen) atoms. The van der Waals surface area contributed by atoms with Crippen molar-refractivity contribution in [3.8, 4) is 17.9 Å². The molecule has 0 unspecified atom stereocenters. The van der Waals surface area contributed by atoms with Crippen LogP contribution in [0.1, 0.15) is 43.0 Å². The van der Waals surface area contributed by atoms with Crippen molar-refractivity contribution in [2.45, 2.75) is 12.4 Å². The molecule has 0 aliphatic carbocycles. The van der Waals surface area contributed by atoms with Crippen molar-refractivity contribution >= 4 is 65.2 Å². The van der Waals surface area contributed by atoms with Crippen LogP contribution in [0.15, 0.2) is 249 Å². The number of hydrogen-bond donors (Lipinski definition) is 0. The van der Waals surface area contributed by atoms with E-state index in [9.17, 15) is 56.5 Å². The Morgan fingerprint density at radius 3 is 0.910 bits per heavy atom. The van der Waals surface area contributed by atoms with Gasteiger partial charge in [0.15, 0.2) is 0 Å². The third kappa shape index (κ3) is 14.1. The van der Waals surface area contributed by atoms with Crippen LogP contribution in [0, 0.1) is 22.7 Å². The highest BCUT2D eigenvalue weighted by Crippen LogP contribution is 2.57. The smallest absolute Gasteiger partial charge is 0.416 e. The Bertz CT molecular complexity index is 3090. The van der Waals surface area contributed by atoms with E-state index in [1.165, 1.54) is 31.8 Å². The maximum Gasteiger partial charge on any atom is 0.416 e. The molecular formula is C62H45BF6N2O5P2. The van der Waals surface area contributed by atoms with Gasteiger partial charge in [-0.05, 0) is 115 Å². The Kier molecular flexibility index (Phi) is 19.1. The number of hydrogen-bond acceptors (Lipinski definition) is 7. The van der Waals surface area contributed by atoms with Gasteiger partial charge in [-0.2, -0.15) is 36.9 Å². The summed E-state index contributed by atoms with van der Waals surface area (Å²) in [4.78, 5) is 27.1. The summed E-state index contributed by atoms with van der Waals surface area (Å²) >= 11 is 0. The zero-order valence-corrected chi connectivity index (χ0v) is 43.0. The molecule has 7 nitrogen and oxygen atoms in total. The molecule has 0 bridgehead atoms. The zero-order valence-electron chi connectivity index (χ0n) is 41.3. The van der Waals surface area contributed by atoms with Gasteiger partial charge in [-0.1, -0.05) is 133 Å². The van der Waals surface area contributed by atoms with Crippen molar-refractivity contribution in [2.24, 2.45) is 0 Å². The fourth-order valence-electron chi connectivity index (χ4n) is 8.78. The maximum absolute atomic E-state index is 13.6. The van der Waals surface area contributed by atoms with Crippen LogP contribution in [0.2, 0.25) is 0 Å². The van der Waals surface area contributed by atoms with Crippen LogP contribution in [0.4, 0.5) is 26.3 Å². The first-order chi connectivity index (χ1) is 37.5. The molecule has 9 aromatic rings. The summed E-state index contributed by atoms with van der Waals surface area (Å²) in [6.07, 6.45) is -9.36. The number of alkyl halides is 6. The van der Waals surface area contributed by atoms with E-state index in [0.29, 0.717) is 34.6 Å². The molecule has 388 valence electrons. The summed E-state index contributed by atoms with van der Waals surface area (Å²) in [5, 5.41) is 45.7. The van der Waals surface area contributed by atoms with Gasteiger partial charge in [-0.15, -0.1) is 0 Å². The number of nitriles is 2. The van der Waals surface area contributed by atoms with Crippen molar-refractivity contribution in [3.63, 3.8) is 0 Å². The van der Waals surface area contributed by atoms with Crippen molar-refractivity contribution < 1.29 is 50.6 Å². The number of carbonyl (C=O) groups is 2. The molecule has 0 fully saturated rings. The highest BCUT2D eigenvalue weighted by molar-refractivity contribution is 7.96. The minimum absolute atomic E-state index is 0.0528. The van der Waals surface area contributed by atoms with E-state index in [1.54, 1.807) is 48.5 Å². The predicted molar refractivity (Wildman–Crippen MR) is 294 cm³/mol. The van der Waals surface area contributed by atoms with E-state index in [1.807, 2.05) is 109 Å². The largest absolute Gasteiger partial charge is 0.860 e. The van der Waals surface area contributed by atoms with Crippen LogP contribution < -0.4 is 46.5 Å². The molecule has 0 atom stereocenters. The van der Waals surface area contributed by atoms with Crippen LogP contribution in [0.25, 0.3) is 0 Å².